The molecule has 0 bridgehead atoms. The fourth-order valence-corrected chi connectivity index (χ4v) is 4.70. The first-order valence-electron chi connectivity index (χ1n) is 11.7. The van der Waals surface area contributed by atoms with Gasteiger partial charge in [-0.2, -0.15) is 0 Å². The van der Waals surface area contributed by atoms with Crippen LogP contribution in [0.4, 0.5) is 0 Å². The lowest BCUT2D eigenvalue weighted by atomic mass is 9.63. The van der Waals surface area contributed by atoms with Crippen molar-refractivity contribution >= 4 is 39.3 Å². The third-order valence-electron chi connectivity index (χ3n) is 6.65. The Morgan fingerprint density at radius 1 is 1.06 bits per heavy atom. The lowest BCUT2D eigenvalue weighted by Crippen LogP contribution is -2.57. The van der Waals surface area contributed by atoms with E-state index < -0.39 is 23.3 Å². The molecule has 180 valence electrons. The summed E-state index contributed by atoms with van der Waals surface area (Å²) in [5, 5.41) is 0.514. The van der Waals surface area contributed by atoms with Crippen molar-refractivity contribution in [2.45, 2.75) is 44.0 Å². The Morgan fingerprint density at radius 2 is 1.81 bits per heavy atom. The molecular weight excluding hydrogens is 460 g/mol. The highest BCUT2D eigenvalue weighted by Crippen LogP contribution is 2.34. The summed E-state index contributed by atoms with van der Waals surface area (Å²) in [4.78, 5) is 52.1. The van der Waals surface area contributed by atoms with Gasteiger partial charge in [-0.05, 0) is 29.7 Å². The van der Waals surface area contributed by atoms with Gasteiger partial charge in [0.1, 0.15) is 34.1 Å². The van der Waals surface area contributed by atoms with Gasteiger partial charge in [0.25, 0.3) is 5.91 Å². The predicted octanol–water partition coefficient (Wildman–Crippen LogP) is 0.376. The number of carbonyl (C=O) groups excluding carboxylic acids is 4. The minimum atomic E-state index is -1.79. The molecule has 3 heterocycles. The molecule has 3 aliphatic rings. The molecule has 2 saturated heterocycles. The van der Waals surface area contributed by atoms with E-state index in [1.54, 1.807) is 23.1 Å². The summed E-state index contributed by atoms with van der Waals surface area (Å²) in [6, 6.07) is 12.2. The Bertz CT molecular complexity index is 1230. The Hall–Kier alpha value is -3.59. The summed E-state index contributed by atoms with van der Waals surface area (Å²) >= 11 is 0. The SMILES string of the molecule is [B]C1([B])OCCN(Cc2ccc(COc3cccc4c3CN(C3CCC(=O)NC3=O)C4=O)cc2)C1=O. The van der Waals surface area contributed by atoms with Crippen LogP contribution in [-0.4, -0.2) is 73.7 Å². The van der Waals surface area contributed by atoms with Crippen LogP contribution >= 0.6 is 0 Å². The van der Waals surface area contributed by atoms with Crippen molar-refractivity contribution in [1.82, 2.24) is 15.1 Å². The first-order valence-corrected chi connectivity index (χ1v) is 11.7. The molecule has 1 N–H and O–H groups in total. The van der Waals surface area contributed by atoms with Crippen LogP contribution in [0.3, 0.4) is 0 Å². The molecule has 2 aromatic rings. The van der Waals surface area contributed by atoms with E-state index in [0.29, 0.717) is 30.8 Å². The summed E-state index contributed by atoms with van der Waals surface area (Å²) in [6.07, 6.45) is 0.509. The first kappa shape index (κ1) is 24.1. The van der Waals surface area contributed by atoms with Crippen LogP contribution in [0.5, 0.6) is 5.75 Å². The molecule has 0 aliphatic carbocycles. The van der Waals surface area contributed by atoms with Gasteiger partial charge in [0, 0.05) is 30.6 Å². The van der Waals surface area contributed by atoms with Gasteiger partial charge in [-0.25, -0.2) is 0 Å². The summed E-state index contributed by atoms with van der Waals surface area (Å²) in [7, 11) is 11.4. The maximum absolute atomic E-state index is 13.0. The van der Waals surface area contributed by atoms with E-state index in [2.05, 4.69) is 5.32 Å². The maximum atomic E-state index is 13.0. The molecule has 5 rings (SSSR count). The molecule has 0 aromatic heterocycles. The van der Waals surface area contributed by atoms with Crippen molar-refractivity contribution in [3.8, 4) is 5.75 Å². The molecule has 9 nitrogen and oxygen atoms in total. The monoisotopic (exact) mass is 483 g/mol. The molecule has 2 fully saturated rings. The van der Waals surface area contributed by atoms with Crippen LogP contribution in [0, 0.1) is 0 Å². The number of benzene rings is 2. The second-order valence-corrected chi connectivity index (χ2v) is 9.16. The van der Waals surface area contributed by atoms with Crippen LogP contribution in [-0.2, 0) is 38.8 Å². The molecule has 3 aliphatic heterocycles. The standard InChI is InChI=1S/C25H23B2N3O6/c26-25(27)24(34)29(10-11-36-25)12-15-4-6-16(7-5-15)14-35-20-3-1-2-17-18(20)13-30(23(17)33)19-8-9-21(31)28-22(19)32/h1-7,19H,8-14H2,(H,28,31,32). The summed E-state index contributed by atoms with van der Waals surface area (Å²) < 4.78 is 11.2. The predicted molar refractivity (Wildman–Crippen MR) is 129 cm³/mol. The van der Waals surface area contributed by atoms with Crippen LogP contribution in [0.15, 0.2) is 42.5 Å². The van der Waals surface area contributed by atoms with Gasteiger partial charge in [-0.1, -0.05) is 30.3 Å². The van der Waals surface area contributed by atoms with Gasteiger partial charge in [0.2, 0.25) is 17.7 Å². The zero-order valence-electron chi connectivity index (χ0n) is 19.6. The van der Waals surface area contributed by atoms with Crippen molar-refractivity contribution in [2.75, 3.05) is 13.2 Å². The number of amides is 4. The maximum Gasteiger partial charge on any atom is 0.255 e. The first-order chi connectivity index (χ1) is 17.2. The fourth-order valence-electron chi connectivity index (χ4n) is 4.70. The summed E-state index contributed by atoms with van der Waals surface area (Å²) in [5.74, 6) is -0.900. The van der Waals surface area contributed by atoms with E-state index >= 15 is 0 Å². The number of nitrogens with zero attached hydrogens (tertiary/aromatic N) is 2. The Kier molecular flexibility index (Phi) is 6.34. The average molecular weight is 483 g/mol. The number of morpholine rings is 1. The molecular formula is C25H23B2N3O6. The summed E-state index contributed by atoms with van der Waals surface area (Å²) in [5.41, 5.74) is 3.04. The highest BCUT2D eigenvalue weighted by Gasteiger charge is 2.40. The number of imide groups is 1. The van der Waals surface area contributed by atoms with Gasteiger partial charge < -0.3 is 19.3 Å². The van der Waals surface area contributed by atoms with E-state index in [-0.39, 0.29) is 38.0 Å². The zero-order chi connectivity index (χ0) is 25.4. The quantitative estimate of drug-likeness (QED) is 0.471. The third-order valence-corrected chi connectivity index (χ3v) is 6.65. The van der Waals surface area contributed by atoms with Crippen LogP contribution in [0.2, 0.25) is 0 Å². The number of ether oxygens (including phenoxy) is 2. The highest BCUT2D eigenvalue weighted by molar-refractivity contribution is 6.50. The second-order valence-electron chi connectivity index (χ2n) is 9.16. The van der Waals surface area contributed by atoms with E-state index in [9.17, 15) is 19.2 Å². The number of rotatable bonds is 6. The number of piperidine rings is 1. The Labute approximate surface area is 210 Å². The lowest BCUT2D eigenvalue weighted by molar-refractivity contribution is -0.151. The van der Waals surface area contributed by atoms with Gasteiger partial charge in [0.05, 0.1) is 18.6 Å². The number of hydrogen-bond donors (Lipinski definition) is 1. The minimum absolute atomic E-state index is 0.203. The number of carbonyl (C=O) groups is 4. The molecule has 0 saturated carbocycles. The van der Waals surface area contributed by atoms with Crippen molar-refractivity contribution in [2.24, 2.45) is 0 Å². The van der Waals surface area contributed by atoms with E-state index in [0.717, 1.165) is 16.7 Å². The van der Waals surface area contributed by atoms with Gasteiger partial charge in [-0.3, -0.25) is 24.5 Å². The molecule has 1 unspecified atom stereocenters. The van der Waals surface area contributed by atoms with E-state index in [1.165, 1.54) is 4.90 Å². The summed E-state index contributed by atoms with van der Waals surface area (Å²) in [6.45, 7) is 1.56. The molecule has 4 amide bonds. The molecule has 0 spiro atoms. The van der Waals surface area contributed by atoms with Crippen molar-refractivity contribution in [1.29, 1.82) is 0 Å². The smallest absolute Gasteiger partial charge is 0.255 e. The normalized spacial score (nSPS) is 21.4. The second kappa shape index (κ2) is 9.46. The Balaban J connectivity index is 1.23. The van der Waals surface area contributed by atoms with Crippen molar-refractivity contribution in [3.05, 3.63) is 64.7 Å². The number of nitrogens with one attached hydrogen (secondary N) is 1. The van der Waals surface area contributed by atoms with Gasteiger partial charge in [0.15, 0.2) is 0 Å². The molecule has 11 heteroatoms. The Morgan fingerprint density at radius 3 is 2.56 bits per heavy atom. The van der Waals surface area contributed by atoms with Crippen LogP contribution in [0.25, 0.3) is 0 Å². The van der Waals surface area contributed by atoms with Crippen molar-refractivity contribution in [3.63, 3.8) is 0 Å². The molecule has 4 radical (unpaired) electrons. The largest absolute Gasteiger partial charge is 0.489 e. The fraction of sp³-hybridized carbons (Fsp3) is 0.360. The number of hydrogen-bond acceptors (Lipinski definition) is 6. The lowest BCUT2D eigenvalue weighted by Gasteiger charge is -2.38. The minimum Gasteiger partial charge on any atom is -0.489 e. The average Bonchev–Trinajstić information content (AvgIpc) is 3.18. The topological polar surface area (TPSA) is 105 Å². The van der Waals surface area contributed by atoms with Crippen LogP contribution in [0.1, 0.15) is 39.9 Å². The van der Waals surface area contributed by atoms with E-state index in [1.807, 2.05) is 24.3 Å². The van der Waals surface area contributed by atoms with Crippen LogP contribution < -0.4 is 10.1 Å². The van der Waals surface area contributed by atoms with Gasteiger partial charge in [-0.15, -0.1) is 0 Å². The van der Waals surface area contributed by atoms with E-state index in [4.69, 9.17) is 25.2 Å². The highest BCUT2D eigenvalue weighted by atomic mass is 16.5. The molecule has 1 atom stereocenters. The number of fused-ring (bicyclic) bond motifs is 1. The third kappa shape index (κ3) is 4.63. The zero-order valence-corrected chi connectivity index (χ0v) is 19.6. The van der Waals surface area contributed by atoms with Gasteiger partial charge >= 0.3 is 0 Å². The molecule has 36 heavy (non-hydrogen) atoms. The van der Waals surface area contributed by atoms with Crippen molar-refractivity contribution < 1.29 is 28.7 Å². The molecule has 2 aromatic carbocycles.